The molecule has 3 aromatic heterocycles. The van der Waals surface area contributed by atoms with Crippen LogP contribution >= 0.6 is 0 Å². The zero-order valence-corrected chi connectivity index (χ0v) is 18.1. The van der Waals surface area contributed by atoms with Crippen molar-refractivity contribution in [2.75, 3.05) is 0 Å². The van der Waals surface area contributed by atoms with Gasteiger partial charge in [-0.3, -0.25) is 9.20 Å². The highest BCUT2D eigenvalue weighted by molar-refractivity contribution is 5.91. The van der Waals surface area contributed by atoms with Gasteiger partial charge >= 0.3 is 0 Å². The second-order valence-electron chi connectivity index (χ2n) is 7.64. The Balaban J connectivity index is 1.73. The molecule has 7 nitrogen and oxygen atoms in total. The van der Waals surface area contributed by atoms with E-state index in [0.717, 1.165) is 16.6 Å². The van der Waals surface area contributed by atoms with E-state index in [2.05, 4.69) is 16.0 Å². The molecule has 0 radical (unpaired) electrons. The average Bonchev–Trinajstić information content (AvgIpc) is 3.16. The maximum Gasteiger partial charge on any atom is 0.269 e. The predicted octanol–water partition coefficient (Wildman–Crippen LogP) is 4.75. The summed E-state index contributed by atoms with van der Waals surface area (Å²) in [5.41, 5.74) is 3.18. The minimum absolute atomic E-state index is 0.128. The van der Waals surface area contributed by atoms with Crippen molar-refractivity contribution in [3.8, 4) is 17.7 Å². The maximum atomic E-state index is 13.4. The summed E-state index contributed by atoms with van der Waals surface area (Å²) in [6, 6.07) is 22.6. The van der Waals surface area contributed by atoms with Crippen LogP contribution in [0.4, 0.5) is 0 Å². The van der Waals surface area contributed by atoms with Gasteiger partial charge in [0.15, 0.2) is 5.82 Å². The molecule has 0 aliphatic rings. The average molecular weight is 433 g/mol. The summed E-state index contributed by atoms with van der Waals surface area (Å²) < 4.78 is 9.30. The second-order valence-corrected chi connectivity index (χ2v) is 7.64. The number of benzene rings is 2. The van der Waals surface area contributed by atoms with E-state index in [9.17, 15) is 10.1 Å². The van der Waals surface area contributed by atoms with Gasteiger partial charge in [-0.25, -0.2) is 4.98 Å². The first-order valence-corrected chi connectivity index (χ1v) is 10.3. The Morgan fingerprint density at radius 1 is 1.06 bits per heavy atom. The number of allylic oxidation sites excluding steroid dienone is 1. The lowest BCUT2D eigenvalue weighted by Gasteiger charge is -2.11. The van der Waals surface area contributed by atoms with Gasteiger partial charge in [-0.2, -0.15) is 10.2 Å². The SMILES string of the molecule is Cc1cccc(Oc2nc3ccccn3c(=O)c2/C=C(\C#N)c2nc3ccccc3n2C)c1. The first-order chi connectivity index (χ1) is 16.0. The Bertz CT molecular complexity index is 1650. The van der Waals surface area contributed by atoms with Crippen molar-refractivity contribution in [3.05, 3.63) is 100 Å². The normalized spacial score (nSPS) is 11.6. The number of ether oxygens (including phenoxy) is 1. The molecule has 0 aliphatic heterocycles. The van der Waals surface area contributed by atoms with Crippen LogP contribution < -0.4 is 10.3 Å². The number of para-hydroxylation sites is 2. The van der Waals surface area contributed by atoms with Gasteiger partial charge in [-0.05, 0) is 55.0 Å². The van der Waals surface area contributed by atoms with Crippen LogP contribution in [0.2, 0.25) is 0 Å². The van der Waals surface area contributed by atoms with E-state index in [1.165, 1.54) is 10.5 Å². The summed E-state index contributed by atoms with van der Waals surface area (Å²) in [6.07, 6.45) is 3.14. The minimum Gasteiger partial charge on any atom is -0.438 e. The Kier molecular flexibility index (Phi) is 4.96. The van der Waals surface area contributed by atoms with Crippen molar-refractivity contribution in [2.24, 2.45) is 7.05 Å². The Morgan fingerprint density at radius 3 is 2.67 bits per heavy atom. The van der Waals surface area contributed by atoms with Crippen molar-refractivity contribution in [1.29, 1.82) is 5.26 Å². The molecule has 160 valence electrons. The fraction of sp³-hybridized carbons (Fsp3) is 0.0769. The third-order valence-corrected chi connectivity index (χ3v) is 5.38. The van der Waals surface area contributed by atoms with E-state index >= 15 is 0 Å². The number of nitriles is 1. The monoisotopic (exact) mass is 433 g/mol. The highest BCUT2D eigenvalue weighted by Crippen LogP contribution is 2.27. The van der Waals surface area contributed by atoms with E-state index in [0.29, 0.717) is 17.2 Å². The number of aromatic nitrogens is 4. The van der Waals surface area contributed by atoms with Gasteiger partial charge in [0.25, 0.3) is 5.56 Å². The van der Waals surface area contributed by atoms with E-state index < -0.39 is 0 Å². The number of hydrogen-bond donors (Lipinski definition) is 0. The molecule has 0 aliphatic carbocycles. The third-order valence-electron chi connectivity index (χ3n) is 5.38. The standard InChI is InChI=1S/C26H19N5O2/c1-17-8-7-9-19(14-17)33-25-20(26(32)31-13-6-5-12-23(31)29-25)15-18(16-27)24-28-21-10-3-4-11-22(21)30(24)2/h3-15H,1-2H3/b18-15+. The Hall–Kier alpha value is -4.70. The third kappa shape index (κ3) is 3.64. The van der Waals surface area contributed by atoms with Crippen LogP contribution in [-0.4, -0.2) is 18.9 Å². The molecule has 0 N–H and O–H groups in total. The van der Waals surface area contributed by atoms with Gasteiger partial charge in [0.05, 0.1) is 16.6 Å². The van der Waals surface area contributed by atoms with Crippen molar-refractivity contribution in [2.45, 2.75) is 6.92 Å². The molecule has 0 bridgehead atoms. The fourth-order valence-electron chi connectivity index (χ4n) is 3.75. The summed E-state index contributed by atoms with van der Waals surface area (Å²) >= 11 is 0. The number of nitrogens with zero attached hydrogens (tertiary/aromatic N) is 5. The largest absolute Gasteiger partial charge is 0.438 e. The van der Waals surface area contributed by atoms with Gasteiger partial charge in [0.2, 0.25) is 5.88 Å². The molecule has 0 amide bonds. The molecule has 5 rings (SSSR count). The van der Waals surface area contributed by atoms with E-state index in [4.69, 9.17) is 4.74 Å². The molecule has 0 saturated carbocycles. The van der Waals surface area contributed by atoms with E-state index in [1.54, 1.807) is 30.5 Å². The zero-order valence-electron chi connectivity index (χ0n) is 18.1. The first kappa shape index (κ1) is 20.2. The summed E-state index contributed by atoms with van der Waals surface area (Å²) in [5.74, 6) is 1.14. The lowest BCUT2D eigenvalue weighted by Crippen LogP contribution is -2.18. The topological polar surface area (TPSA) is 85.2 Å². The van der Waals surface area contributed by atoms with Crippen LogP contribution in [0.25, 0.3) is 28.3 Å². The van der Waals surface area contributed by atoms with Crippen LogP contribution in [0.5, 0.6) is 11.6 Å². The molecule has 2 aromatic carbocycles. The van der Waals surface area contributed by atoms with Crippen molar-refractivity contribution in [1.82, 2.24) is 18.9 Å². The maximum absolute atomic E-state index is 13.4. The molecule has 0 saturated heterocycles. The van der Waals surface area contributed by atoms with Gasteiger partial charge in [-0.1, -0.05) is 30.3 Å². The summed E-state index contributed by atoms with van der Waals surface area (Å²) in [4.78, 5) is 22.6. The quantitative estimate of drug-likeness (QED) is 0.382. The Morgan fingerprint density at radius 2 is 1.88 bits per heavy atom. The second kappa shape index (κ2) is 8.09. The van der Waals surface area contributed by atoms with Gasteiger partial charge in [-0.15, -0.1) is 0 Å². The van der Waals surface area contributed by atoms with Crippen molar-refractivity contribution < 1.29 is 4.74 Å². The number of rotatable bonds is 4. The number of imidazole rings is 1. The number of fused-ring (bicyclic) bond motifs is 2. The lowest BCUT2D eigenvalue weighted by atomic mass is 10.1. The first-order valence-electron chi connectivity index (χ1n) is 10.3. The van der Waals surface area contributed by atoms with Crippen LogP contribution in [-0.2, 0) is 7.05 Å². The molecule has 3 heterocycles. The summed E-state index contributed by atoms with van der Waals surface area (Å²) in [6.45, 7) is 1.95. The van der Waals surface area contributed by atoms with Crippen LogP contribution in [0.1, 0.15) is 17.0 Å². The molecule has 0 spiro atoms. The van der Waals surface area contributed by atoms with Crippen LogP contribution in [0.3, 0.4) is 0 Å². The smallest absolute Gasteiger partial charge is 0.269 e. The zero-order chi connectivity index (χ0) is 22.9. The van der Waals surface area contributed by atoms with Crippen LogP contribution in [0.15, 0.2) is 77.7 Å². The predicted molar refractivity (Wildman–Crippen MR) is 127 cm³/mol. The molecule has 0 fully saturated rings. The number of pyridine rings is 1. The van der Waals surface area contributed by atoms with E-state index in [-0.39, 0.29) is 22.6 Å². The highest BCUT2D eigenvalue weighted by atomic mass is 16.5. The van der Waals surface area contributed by atoms with Gasteiger partial charge in [0.1, 0.15) is 23.0 Å². The molecule has 7 heteroatoms. The molecular formula is C26H19N5O2. The number of aryl methyl sites for hydroxylation is 2. The highest BCUT2D eigenvalue weighted by Gasteiger charge is 2.18. The molecule has 0 atom stereocenters. The number of hydrogen-bond acceptors (Lipinski definition) is 5. The summed E-state index contributed by atoms with van der Waals surface area (Å²) in [7, 11) is 1.84. The molecule has 0 unspecified atom stereocenters. The summed E-state index contributed by atoms with van der Waals surface area (Å²) in [5, 5.41) is 9.97. The van der Waals surface area contributed by atoms with E-state index in [1.807, 2.05) is 61.0 Å². The Labute approximate surface area is 189 Å². The van der Waals surface area contributed by atoms with Gasteiger partial charge in [0, 0.05) is 13.2 Å². The molecular weight excluding hydrogens is 414 g/mol. The van der Waals surface area contributed by atoms with Gasteiger partial charge < -0.3 is 9.30 Å². The fourth-order valence-corrected chi connectivity index (χ4v) is 3.75. The lowest BCUT2D eigenvalue weighted by molar-refractivity contribution is 0.460. The molecule has 33 heavy (non-hydrogen) atoms. The molecule has 5 aromatic rings. The van der Waals surface area contributed by atoms with Crippen LogP contribution in [0, 0.1) is 18.3 Å². The van der Waals surface area contributed by atoms with Crippen molar-refractivity contribution in [3.63, 3.8) is 0 Å². The minimum atomic E-state index is -0.338. The van der Waals surface area contributed by atoms with Crippen molar-refractivity contribution >= 4 is 28.3 Å².